The Morgan fingerprint density at radius 3 is 2.94 bits per heavy atom. The van der Waals surface area contributed by atoms with Crippen LogP contribution in [-0.2, 0) is 4.79 Å². The van der Waals surface area contributed by atoms with Gasteiger partial charge in [-0.1, -0.05) is 17.9 Å². The molecule has 0 spiro atoms. The van der Waals surface area contributed by atoms with E-state index in [2.05, 4.69) is 21.9 Å². The average Bonchev–Trinajstić information content (AvgIpc) is 2.74. The lowest BCUT2D eigenvalue weighted by atomic mass is 10.5. The monoisotopic (exact) mass is 267 g/mol. The van der Waals surface area contributed by atoms with E-state index in [1.54, 1.807) is 12.3 Å². The van der Waals surface area contributed by atoms with Crippen LogP contribution in [0.4, 0.5) is 5.13 Å². The maximum Gasteiger partial charge on any atom is 0.266 e. The van der Waals surface area contributed by atoms with Crippen molar-refractivity contribution in [3.05, 3.63) is 30.6 Å². The molecule has 0 aliphatic carbocycles. The molecule has 2 aromatic heterocycles. The number of amides is 1. The summed E-state index contributed by atoms with van der Waals surface area (Å²) in [7, 11) is 0. The molecule has 1 amide bonds. The van der Waals surface area contributed by atoms with Gasteiger partial charge in [-0.25, -0.2) is 4.98 Å². The fourth-order valence-electron chi connectivity index (χ4n) is 1.18. The van der Waals surface area contributed by atoms with Crippen LogP contribution in [0.15, 0.2) is 11.0 Å². The second-order valence-electron chi connectivity index (χ2n) is 3.24. The molecule has 0 aliphatic rings. The molecule has 0 aliphatic heterocycles. The molecule has 2 heterocycles. The third-order valence-corrected chi connectivity index (χ3v) is 3.52. The number of carbonyl (C=O) groups excluding carboxylic acids is 1. The van der Waals surface area contributed by atoms with E-state index in [1.165, 1.54) is 29.6 Å². The van der Waals surface area contributed by atoms with Gasteiger partial charge in [-0.2, -0.15) is 0 Å². The first-order valence-electron chi connectivity index (χ1n) is 4.68. The van der Waals surface area contributed by atoms with Gasteiger partial charge < -0.3 is 10.3 Å². The van der Waals surface area contributed by atoms with Crippen LogP contribution >= 0.6 is 22.7 Å². The zero-order valence-electron chi connectivity index (χ0n) is 8.94. The van der Waals surface area contributed by atoms with Crippen LogP contribution in [0.25, 0.3) is 12.7 Å². The topological polar surface area (TPSA) is 74.8 Å². The van der Waals surface area contributed by atoms with Crippen LogP contribution in [0.1, 0.15) is 11.8 Å². The maximum absolute atomic E-state index is 11.4. The van der Waals surface area contributed by atoms with Gasteiger partial charge in [0, 0.05) is 13.1 Å². The SMILES string of the molecule is C=c1[nH]c(=O)/c(=C/c2cnc(NC(C)=O)s2)s1. The number of aromatic nitrogens is 2. The predicted octanol–water partition coefficient (Wildman–Crippen LogP) is 0.0904. The lowest BCUT2D eigenvalue weighted by Gasteiger charge is -1.91. The molecule has 5 nitrogen and oxygen atoms in total. The Labute approximate surface area is 104 Å². The van der Waals surface area contributed by atoms with Crippen molar-refractivity contribution in [3.63, 3.8) is 0 Å². The first kappa shape index (κ1) is 11.7. The van der Waals surface area contributed by atoms with Crippen molar-refractivity contribution in [2.24, 2.45) is 0 Å². The molecule has 0 saturated carbocycles. The standard InChI is InChI=1S/C10H9N3O2S2/c1-5(14)12-10-11-4-7(17-10)3-8-9(15)13-6(2)16-8/h3-4H,2H2,1H3,(H,13,15)(H,11,12,14)/b8-3-. The number of aromatic amines is 1. The molecule has 0 saturated heterocycles. The van der Waals surface area contributed by atoms with Crippen molar-refractivity contribution in [2.75, 3.05) is 5.32 Å². The molecule has 88 valence electrons. The van der Waals surface area contributed by atoms with Crippen molar-refractivity contribution < 1.29 is 4.79 Å². The fraction of sp³-hybridized carbons (Fsp3) is 0.100. The van der Waals surface area contributed by atoms with Crippen LogP contribution in [0.5, 0.6) is 0 Å². The van der Waals surface area contributed by atoms with E-state index in [1.807, 2.05) is 0 Å². The van der Waals surface area contributed by atoms with Gasteiger partial charge in [0.15, 0.2) is 5.13 Å². The lowest BCUT2D eigenvalue weighted by Crippen LogP contribution is -2.19. The van der Waals surface area contributed by atoms with Crippen LogP contribution in [-0.4, -0.2) is 15.9 Å². The highest BCUT2D eigenvalue weighted by atomic mass is 32.1. The quantitative estimate of drug-likeness (QED) is 0.810. The Morgan fingerprint density at radius 2 is 2.35 bits per heavy atom. The number of carbonyl (C=O) groups is 1. The molecule has 0 bridgehead atoms. The number of rotatable bonds is 2. The fourth-order valence-corrected chi connectivity index (χ4v) is 2.80. The third-order valence-electron chi connectivity index (χ3n) is 1.79. The molecule has 2 rings (SSSR count). The number of H-pyrrole nitrogens is 1. The Morgan fingerprint density at radius 1 is 1.59 bits per heavy atom. The highest BCUT2D eigenvalue weighted by Crippen LogP contribution is 2.18. The molecular weight excluding hydrogens is 258 g/mol. The summed E-state index contributed by atoms with van der Waals surface area (Å²) in [6, 6.07) is 0. The van der Waals surface area contributed by atoms with E-state index >= 15 is 0 Å². The highest BCUT2D eigenvalue weighted by Gasteiger charge is 2.02. The minimum atomic E-state index is -0.167. The number of hydrogen-bond acceptors (Lipinski definition) is 5. The summed E-state index contributed by atoms with van der Waals surface area (Å²) in [6.45, 7) is 5.08. The van der Waals surface area contributed by atoms with E-state index in [9.17, 15) is 9.59 Å². The molecule has 7 heteroatoms. The maximum atomic E-state index is 11.4. The number of anilines is 1. The summed E-state index contributed by atoms with van der Waals surface area (Å²) in [4.78, 5) is 29.7. The van der Waals surface area contributed by atoms with Crippen molar-refractivity contribution >= 4 is 46.4 Å². The molecule has 17 heavy (non-hydrogen) atoms. The van der Waals surface area contributed by atoms with Crippen LogP contribution in [0.3, 0.4) is 0 Å². The second-order valence-corrected chi connectivity index (χ2v) is 5.44. The normalized spacial score (nSPS) is 11.7. The zero-order valence-corrected chi connectivity index (χ0v) is 10.6. The summed E-state index contributed by atoms with van der Waals surface area (Å²) in [5, 5.41) is 3.10. The van der Waals surface area contributed by atoms with Crippen molar-refractivity contribution in [1.82, 2.24) is 9.97 Å². The Kier molecular flexibility index (Phi) is 3.21. The molecular formula is C10H9N3O2S2. The minimum absolute atomic E-state index is 0.158. The molecule has 2 aromatic rings. The number of nitrogens with zero attached hydrogens (tertiary/aromatic N) is 1. The van der Waals surface area contributed by atoms with Crippen LogP contribution in [0.2, 0.25) is 0 Å². The molecule has 0 aromatic carbocycles. The zero-order chi connectivity index (χ0) is 12.4. The van der Waals surface area contributed by atoms with E-state index < -0.39 is 0 Å². The molecule has 0 radical (unpaired) electrons. The Balaban J connectivity index is 2.36. The number of nitrogens with one attached hydrogen (secondary N) is 2. The minimum Gasteiger partial charge on any atom is -0.313 e. The van der Waals surface area contributed by atoms with Gasteiger partial charge in [-0.05, 0) is 6.08 Å². The molecule has 0 atom stereocenters. The van der Waals surface area contributed by atoms with Crippen LogP contribution < -0.4 is 20.1 Å². The highest BCUT2D eigenvalue weighted by molar-refractivity contribution is 7.16. The summed E-state index contributed by atoms with van der Waals surface area (Å²) < 4.78 is 1.20. The van der Waals surface area contributed by atoms with Crippen molar-refractivity contribution in [2.45, 2.75) is 6.92 Å². The Bertz CT molecular complexity index is 710. The third kappa shape index (κ3) is 2.89. The summed E-state index contributed by atoms with van der Waals surface area (Å²) in [5.41, 5.74) is -0.158. The number of hydrogen-bond donors (Lipinski definition) is 2. The summed E-state index contributed by atoms with van der Waals surface area (Å²) >= 11 is 2.60. The van der Waals surface area contributed by atoms with Gasteiger partial charge in [0.1, 0.15) is 0 Å². The van der Waals surface area contributed by atoms with Gasteiger partial charge in [0.05, 0.1) is 14.1 Å². The predicted molar refractivity (Wildman–Crippen MR) is 69.7 cm³/mol. The van der Waals surface area contributed by atoms with Crippen molar-refractivity contribution in [3.8, 4) is 0 Å². The second kappa shape index (κ2) is 4.64. The van der Waals surface area contributed by atoms with E-state index in [4.69, 9.17) is 0 Å². The molecule has 0 fully saturated rings. The first-order valence-corrected chi connectivity index (χ1v) is 6.31. The summed E-state index contributed by atoms with van der Waals surface area (Å²) in [6.07, 6.45) is 3.33. The van der Waals surface area contributed by atoms with Gasteiger partial charge in [-0.3, -0.25) is 9.59 Å². The lowest BCUT2D eigenvalue weighted by molar-refractivity contribution is -0.114. The smallest absolute Gasteiger partial charge is 0.266 e. The van der Waals surface area contributed by atoms with Gasteiger partial charge in [0.25, 0.3) is 5.56 Å². The van der Waals surface area contributed by atoms with Crippen molar-refractivity contribution in [1.29, 1.82) is 0 Å². The van der Waals surface area contributed by atoms with E-state index in [-0.39, 0.29) is 11.5 Å². The van der Waals surface area contributed by atoms with Gasteiger partial charge >= 0.3 is 0 Å². The number of thiazole rings is 2. The van der Waals surface area contributed by atoms with E-state index in [0.717, 1.165) is 4.88 Å². The average molecular weight is 267 g/mol. The Hall–Kier alpha value is -1.73. The van der Waals surface area contributed by atoms with E-state index in [0.29, 0.717) is 14.3 Å². The van der Waals surface area contributed by atoms with Gasteiger partial charge in [0.2, 0.25) is 5.91 Å². The largest absolute Gasteiger partial charge is 0.313 e. The summed E-state index contributed by atoms with van der Waals surface area (Å²) in [5.74, 6) is -0.167. The first-order chi connectivity index (χ1) is 8.04. The molecule has 0 unspecified atom stereocenters. The molecule has 2 N–H and O–H groups in total. The van der Waals surface area contributed by atoms with Gasteiger partial charge in [-0.15, -0.1) is 11.3 Å². The van der Waals surface area contributed by atoms with Crippen LogP contribution in [0, 0.1) is 0 Å².